The molecule has 0 aromatic heterocycles. The molecule has 3 nitrogen and oxygen atoms in total. The molecule has 0 spiro atoms. The summed E-state index contributed by atoms with van der Waals surface area (Å²) in [6.07, 6.45) is -0.637. The van der Waals surface area contributed by atoms with Crippen molar-refractivity contribution in [2.75, 3.05) is 7.05 Å². The Kier molecular flexibility index (Phi) is 3.00. The SMILES string of the molecule is C[C@@H]1[C@@H](c2cc(Cl)cc(Cl)c2)OC(=O)N1C. The standard InChI is InChI=1S/C11H11Cl2NO2/c1-6-10(16-11(15)14(6)2)7-3-8(12)5-9(13)4-7/h3-6,10H,1-2H3/t6-,10+/m1/s1. The topological polar surface area (TPSA) is 29.5 Å². The highest BCUT2D eigenvalue weighted by Gasteiger charge is 2.37. The number of carbonyl (C=O) groups is 1. The first-order valence-electron chi connectivity index (χ1n) is 4.88. The fourth-order valence-electron chi connectivity index (χ4n) is 1.75. The molecule has 1 fully saturated rings. The average molecular weight is 260 g/mol. The van der Waals surface area contributed by atoms with Crippen LogP contribution in [0.5, 0.6) is 0 Å². The molecule has 1 heterocycles. The molecular formula is C11H11Cl2NO2. The average Bonchev–Trinajstić information content (AvgIpc) is 2.44. The van der Waals surface area contributed by atoms with Crippen LogP contribution in [0.1, 0.15) is 18.6 Å². The van der Waals surface area contributed by atoms with Crippen molar-refractivity contribution in [2.24, 2.45) is 0 Å². The molecule has 1 aliphatic rings. The van der Waals surface area contributed by atoms with Crippen LogP contribution in [0.2, 0.25) is 10.0 Å². The molecular weight excluding hydrogens is 249 g/mol. The van der Waals surface area contributed by atoms with Crippen molar-refractivity contribution in [1.82, 2.24) is 4.90 Å². The number of amides is 1. The van der Waals surface area contributed by atoms with Crippen LogP contribution in [0.4, 0.5) is 4.79 Å². The molecule has 0 bridgehead atoms. The lowest BCUT2D eigenvalue weighted by Gasteiger charge is -2.17. The third kappa shape index (κ3) is 1.97. The predicted molar refractivity (Wildman–Crippen MR) is 62.9 cm³/mol. The Labute approximate surface area is 104 Å². The molecule has 5 heteroatoms. The first-order valence-corrected chi connectivity index (χ1v) is 5.64. The number of likely N-dealkylation sites (N-methyl/N-ethyl adjacent to an activating group) is 1. The summed E-state index contributed by atoms with van der Waals surface area (Å²) in [6.45, 7) is 1.92. The van der Waals surface area contributed by atoms with Gasteiger partial charge in [-0.15, -0.1) is 0 Å². The normalized spacial score (nSPS) is 24.8. The molecule has 1 amide bonds. The maximum atomic E-state index is 11.4. The summed E-state index contributed by atoms with van der Waals surface area (Å²) in [6, 6.07) is 5.15. The van der Waals surface area contributed by atoms with Crippen molar-refractivity contribution in [2.45, 2.75) is 19.1 Å². The highest BCUT2D eigenvalue weighted by Crippen LogP contribution is 2.33. The fraction of sp³-hybridized carbons (Fsp3) is 0.364. The first kappa shape index (κ1) is 11.6. The van der Waals surface area contributed by atoms with Gasteiger partial charge in [-0.05, 0) is 30.7 Å². The smallest absolute Gasteiger partial charge is 0.410 e. The van der Waals surface area contributed by atoms with Crippen molar-refractivity contribution in [3.63, 3.8) is 0 Å². The van der Waals surface area contributed by atoms with Gasteiger partial charge >= 0.3 is 6.09 Å². The second-order valence-corrected chi connectivity index (χ2v) is 4.73. The van der Waals surface area contributed by atoms with E-state index >= 15 is 0 Å². The Bertz CT molecular complexity index is 416. The number of carbonyl (C=O) groups excluding carboxylic acids is 1. The van der Waals surface area contributed by atoms with E-state index in [1.807, 2.05) is 6.92 Å². The fourth-order valence-corrected chi connectivity index (χ4v) is 2.29. The zero-order valence-electron chi connectivity index (χ0n) is 8.91. The van der Waals surface area contributed by atoms with Gasteiger partial charge in [0.1, 0.15) is 6.10 Å². The van der Waals surface area contributed by atoms with Crippen molar-refractivity contribution in [3.8, 4) is 0 Å². The molecule has 1 aromatic rings. The molecule has 2 rings (SSSR count). The van der Waals surface area contributed by atoms with Gasteiger partial charge in [-0.2, -0.15) is 0 Å². The van der Waals surface area contributed by atoms with E-state index in [2.05, 4.69) is 0 Å². The van der Waals surface area contributed by atoms with E-state index in [1.54, 1.807) is 30.1 Å². The summed E-state index contributed by atoms with van der Waals surface area (Å²) in [7, 11) is 1.71. The maximum absolute atomic E-state index is 11.4. The molecule has 0 N–H and O–H groups in total. The van der Waals surface area contributed by atoms with Gasteiger partial charge in [0, 0.05) is 17.1 Å². The van der Waals surface area contributed by atoms with Crippen molar-refractivity contribution >= 4 is 29.3 Å². The Balaban J connectivity index is 2.35. The molecule has 0 aliphatic carbocycles. The highest BCUT2D eigenvalue weighted by atomic mass is 35.5. The Morgan fingerprint density at radius 1 is 1.25 bits per heavy atom. The summed E-state index contributed by atoms with van der Waals surface area (Å²) < 4.78 is 5.25. The molecule has 2 atom stereocenters. The minimum Gasteiger partial charge on any atom is -0.439 e. The minimum absolute atomic E-state index is 0.0259. The van der Waals surface area contributed by atoms with Gasteiger partial charge in [0.15, 0.2) is 0 Å². The third-order valence-electron chi connectivity index (χ3n) is 2.78. The Hall–Kier alpha value is -0.930. The minimum atomic E-state index is -0.325. The van der Waals surface area contributed by atoms with Crippen LogP contribution < -0.4 is 0 Å². The molecule has 1 saturated heterocycles. The monoisotopic (exact) mass is 259 g/mol. The summed E-state index contributed by atoms with van der Waals surface area (Å²) in [5, 5.41) is 1.08. The van der Waals surface area contributed by atoms with Crippen LogP contribution in [-0.2, 0) is 4.74 Å². The van der Waals surface area contributed by atoms with Crippen LogP contribution in [0.15, 0.2) is 18.2 Å². The van der Waals surface area contributed by atoms with E-state index in [0.717, 1.165) is 5.56 Å². The van der Waals surface area contributed by atoms with Crippen molar-refractivity contribution in [3.05, 3.63) is 33.8 Å². The van der Waals surface area contributed by atoms with Gasteiger partial charge < -0.3 is 9.64 Å². The Morgan fingerprint density at radius 3 is 2.25 bits per heavy atom. The number of halogens is 2. The summed E-state index contributed by atoms with van der Waals surface area (Å²) in [4.78, 5) is 12.9. The summed E-state index contributed by atoms with van der Waals surface area (Å²) >= 11 is 11.8. The lowest BCUT2D eigenvalue weighted by Crippen LogP contribution is -2.27. The molecule has 0 saturated carbocycles. The second-order valence-electron chi connectivity index (χ2n) is 3.86. The molecule has 16 heavy (non-hydrogen) atoms. The number of cyclic esters (lactones) is 1. The Morgan fingerprint density at radius 2 is 1.81 bits per heavy atom. The molecule has 1 aliphatic heterocycles. The third-order valence-corrected chi connectivity index (χ3v) is 3.21. The first-order chi connectivity index (χ1) is 7.49. The van der Waals surface area contributed by atoms with Crippen LogP contribution in [0, 0.1) is 0 Å². The zero-order chi connectivity index (χ0) is 11.9. The van der Waals surface area contributed by atoms with Crippen LogP contribution in [-0.4, -0.2) is 24.1 Å². The van der Waals surface area contributed by atoms with Gasteiger partial charge in [0.2, 0.25) is 0 Å². The maximum Gasteiger partial charge on any atom is 0.410 e. The number of hydrogen-bond acceptors (Lipinski definition) is 2. The van der Waals surface area contributed by atoms with E-state index < -0.39 is 0 Å². The van der Waals surface area contributed by atoms with Gasteiger partial charge in [-0.3, -0.25) is 0 Å². The van der Waals surface area contributed by atoms with E-state index in [-0.39, 0.29) is 18.2 Å². The van der Waals surface area contributed by atoms with Crippen LogP contribution >= 0.6 is 23.2 Å². The lowest BCUT2D eigenvalue weighted by molar-refractivity contribution is 0.131. The highest BCUT2D eigenvalue weighted by molar-refractivity contribution is 6.34. The van der Waals surface area contributed by atoms with E-state index in [4.69, 9.17) is 27.9 Å². The second kappa shape index (κ2) is 4.15. The van der Waals surface area contributed by atoms with Gasteiger partial charge in [0.05, 0.1) is 6.04 Å². The number of hydrogen-bond donors (Lipinski definition) is 0. The number of ether oxygens (including phenoxy) is 1. The van der Waals surface area contributed by atoms with Gasteiger partial charge in [-0.1, -0.05) is 23.2 Å². The molecule has 1 aromatic carbocycles. The largest absolute Gasteiger partial charge is 0.439 e. The summed E-state index contributed by atoms with van der Waals surface area (Å²) in [5.41, 5.74) is 0.822. The predicted octanol–water partition coefficient (Wildman–Crippen LogP) is 3.51. The zero-order valence-corrected chi connectivity index (χ0v) is 10.4. The van der Waals surface area contributed by atoms with E-state index in [1.165, 1.54) is 0 Å². The number of rotatable bonds is 1. The van der Waals surface area contributed by atoms with Gasteiger partial charge in [-0.25, -0.2) is 4.79 Å². The number of nitrogens with zero attached hydrogens (tertiary/aromatic N) is 1. The van der Waals surface area contributed by atoms with Crippen molar-refractivity contribution < 1.29 is 9.53 Å². The van der Waals surface area contributed by atoms with Gasteiger partial charge in [0.25, 0.3) is 0 Å². The molecule has 0 unspecified atom stereocenters. The number of benzene rings is 1. The molecule has 0 radical (unpaired) electrons. The quantitative estimate of drug-likeness (QED) is 0.773. The van der Waals surface area contributed by atoms with Crippen LogP contribution in [0.3, 0.4) is 0 Å². The van der Waals surface area contributed by atoms with E-state index in [0.29, 0.717) is 10.0 Å². The van der Waals surface area contributed by atoms with Crippen LogP contribution in [0.25, 0.3) is 0 Å². The molecule has 86 valence electrons. The summed E-state index contributed by atoms with van der Waals surface area (Å²) in [5.74, 6) is 0. The lowest BCUT2D eigenvalue weighted by atomic mass is 10.0. The van der Waals surface area contributed by atoms with E-state index in [9.17, 15) is 4.79 Å². The van der Waals surface area contributed by atoms with Crippen molar-refractivity contribution in [1.29, 1.82) is 0 Å².